The van der Waals surface area contributed by atoms with Crippen LogP contribution in [0.15, 0.2) is 59.5 Å². The van der Waals surface area contributed by atoms with Gasteiger partial charge in [-0.25, -0.2) is 13.1 Å². The summed E-state index contributed by atoms with van der Waals surface area (Å²) < 4.78 is 27.1. The Bertz CT molecular complexity index is 886. The van der Waals surface area contributed by atoms with E-state index in [1.54, 1.807) is 18.2 Å². The molecule has 0 aliphatic carbocycles. The highest BCUT2D eigenvalue weighted by atomic mass is 32.2. The summed E-state index contributed by atoms with van der Waals surface area (Å²) in [5.41, 5.74) is 2.72. The molecule has 0 saturated carbocycles. The van der Waals surface area contributed by atoms with Gasteiger partial charge in [-0.2, -0.15) is 0 Å². The molecule has 5 nitrogen and oxygen atoms in total. The van der Waals surface area contributed by atoms with Crippen LogP contribution in [0.1, 0.15) is 38.3 Å². The number of hydrogen-bond donors (Lipinski definition) is 2. The van der Waals surface area contributed by atoms with Crippen molar-refractivity contribution in [1.29, 1.82) is 0 Å². The minimum absolute atomic E-state index is 0.133. The fraction of sp³-hybridized carbons (Fsp3) is 0.286. The molecule has 2 aromatic rings. The van der Waals surface area contributed by atoms with Gasteiger partial charge in [0.2, 0.25) is 15.9 Å². The number of carbonyl (C=O) groups excluding carboxylic acids is 1. The third-order valence-corrected chi connectivity index (χ3v) is 5.82. The zero-order valence-electron chi connectivity index (χ0n) is 15.9. The number of sulfonamides is 1. The number of aryl methyl sites for hydroxylation is 1. The fourth-order valence-corrected chi connectivity index (χ4v) is 3.68. The van der Waals surface area contributed by atoms with Crippen LogP contribution < -0.4 is 10.0 Å². The Kier molecular flexibility index (Phi) is 7.33. The lowest BCUT2D eigenvalue weighted by atomic mass is 10.1. The summed E-state index contributed by atoms with van der Waals surface area (Å²) in [7, 11) is -3.55. The van der Waals surface area contributed by atoms with Gasteiger partial charge in [-0.15, -0.1) is 0 Å². The van der Waals surface area contributed by atoms with Crippen molar-refractivity contribution in [2.24, 2.45) is 0 Å². The third kappa shape index (κ3) is 6.34. The topological polar surface area (TPSA) is 75.3 Å². The van der Waals surface area contributed by atoms with Crippen molar-refractivity contribution >= 4 is 27.7 Å². The zero-order valence-corrected chi connectivity index (χ0v) is 16.7. The SMILES string of the molecule is CCc1ccc(/C=C/C(=O)Nc2ccc(S(=O)(=O)NC(C)CC)cc2)cc1. The Labute approximate surface area is 161 Å². The molecular weight excluding hydrogens is 360 g/mol. The summed E-state index contributed by atoms with van der Waals surface area (Å²) in [6.07, 6.45) is 4.88. The van der Waals surface area contributed by atoms with Crippen molar-refractivity contribution in [2.45, 2.75) is 44.6 Å². The highest BCUT2D eigenvalue weighted by molar-refractivity contribution is 7.89. The Balaban J connectivity index is 1.98. The lowest BCUT2D eigenvalue weighted by molar-refractivity contribution is -0.111. The predicted octanol–water partition coefficient (Wildman–Crippen LogP) is 3.98. The molecule has 27 heavy (non-hydrogen) atoms. The first-order valence-electron chi connectivity index (χ1n) is 9.04. The molecule has 0 saturated heterocycles. The quantitative estimate of drug-likeness (QED) is 0.674. The first kappa shape index (κ1) is 20.9. The number of hydrogen-bond acceptors (Lipinski definition) is 3. The van der Waals surface area contributed by atoms with Crippen LogP contribution in [-0.2, 0) is 21.2 Å². The lowest BCUT2D eigenvalue weighted by Gasteiger charge is -2.12. The molecule has 0 aliphatic rings. The molecule has 1 amide bonds. The van der Waals surface area contributed by atoms with Crippen molar-refractivity contribution in [2.75, 3.05) is 5.32 Å². The van der Waals surface area contributed by atoms with Gasteiger partial charge in [-0.1, -0.05) is 38.1 Å². The van der Waals surface area contributed by atoms with E-state index in [1.807, 2.05) is 38.1 Å². The molecular formula is C21H26N2O3S. The minimum Gasteiger partial charge on any atom is -0.323 e. The highest BCUT2D eigenvalue weighted by Gasteiger charge is 2.16. The minimum atomic E-state index is -3.55. The first-order chi connectivity index (χ1) is 12.8. The lowest BCUT2D eigenvalue weighted by Crippen LogP contribution is -2.31. The summed E-state index contributed by atoms with van der Waals surface area (Å²) in [4.78, 5) is 12.2. The van der Waals surface area contributed by atoms with Crippen molar-refractivity contribution in [1.82, 2.24) is 4.72 Å². The molecule has 0 heterocycles. The van der Waals surface area contributed by atoms with E-state index in [2.05, 4.69) is 17.0 Å². The summed E-state index contributed by atoms with van der Waals surface area (Å²) in [5, 5.41) is 2.72. The van der Waals surface area contributed by atoms with E-state index in [4.69, 9.17) is 0 Å². The molecule has 0 spiro atoms. The van der Waals surface area contributed by atoms with Gasteiger partial charge >= 0.3 is 0 Å². The average molecular weight is 387 g/mol. The molecule has 0 aliphatic heterocycles. The van der Waals surface area contributed by atoms with Crippen molar-refractivity contribution in [3.63, 3.8) is 0 Å². The molecule has 0 aromatic heterocycles. The van der Waals surface area contributed by atoms with Gasteiger partial charge in [0.05, 0.1) is 4.90 Å². The van der Waals surface area contributed by atoms with Gasteiger partial charge in [-0.05, 0) is 61.2 Å². The zero-order chi connectivity index (χ0) is 19.9. The Morgan fingerprint density at radius 2 is 1.67 bits per heavy atom. The van der Waals surface area contributed by atoms with E-state index >= 15 is 0 Å². The molecule has 0 bridgehead atoms. The first-order valence-corrected chi connectivity index (χ1v) is 10.5. The van der Waals surface area contributed by atoms with Gasteiger partial charge in [0, 0.05) is 17.8 Å². The van der Waals surface area contributed by atoms with Crippen molar-refractivity contribution in [3.8, 4) is 0 Å². The van der Waals surface area contributed by atoms with Crippen LogP contribution in [0.4, 0.5) is 5.69 Å². The summed E-state index contributed by atoms with van der Waals surface area (Å²) in [6.45, 7) is 5.82. The number of rotatable bonds is 8. The van der Waals surface area contributed by atoms with E-state index in [0.29, 0.717) is 12.1 Å². The fourth-order valence-electron chi connectivity index (χ4n) is 2.35. The molecule has 1 atom stereocenters. The van der Waals surface area contributed by atoms with Crippen LogP contribution in [0, 0.1) is 0 Å². The standard InChI is InChI=1S/C21H26N2O3S/c1-4-16(3)23-27(25,26)20-13-11-19(12-14-20)22-21(24)15-10-18-8-6-17(5-2)7-9-18/h6-16,23H,4-5H2,1-3H3,(H,22,24)/b15-10+. The average Bonchev–Trinajstić information content (AvgIpc) is 2.66. The van der Waals surface area contributed by atoms with Crippen molar-refractivity contribution in [3.05, 3.63) is 65.7 Å². The van der Waals surface area contributed by atoms with Gasteiger partial charge in [0.15, 0.2) is 0 Å². The maximum atomic E-state index is 12.2. The number of benzene rings is 2. The predicted molar refractivity (Wildman–Crippen MR) is 110 cm³/mol. The Morgan fingerprint density at radius 1 is 1.04 bits per heavy atom. The number of anilines is 1. The Morgan fingerprint density at radius 3 is 2.22 bits per heavy atom. The van der Waals surface area contributed by atoms with Gasteiger partial charge in [0.1, 0.15) is 0 Å². The third-order valence-electron chi connectivity index (χ3n) is 4.22. The number of carbonyl (C=O) groups is 1. The van der Waals surface area contributed by atoms with Crippen LogP contribution in [0.3, 0.4) is 0 Å². The molecule has 144 valence electrons. The molecule has 2 rings (SSSR count). The summed E-state index contributed by atoms with van der Waals surface area (Å²) in [6, 6.07) is 14.0. The molecule has 1 unspecified atom stereocenters. The maximum Gasteiger partial charge on any atom is 0.248 e. The maximum absolute atomic E-state index is 12.2. The normalized spacial score (nSPS) is 12.9. The molecule has 0 radical (unpaired) electrons. The monoisotopic (exact) mass is 386 g/mol. The largest absolute Gasteiger partial charge is 0.323 e. The van der Waals surface area contributed by atoms with Gasteiger partial charge < -0.3 is 5.32 Å². The van der Waals surface area contributed by atoms with E-state index in [-0.39, 0.29) is 16.8 Å². The van der Waals surface area contributed by atoms with E-state index < -0.39 is 10.0 Å². The second-order valence-corrected chi connectivity index (χ2v) is 8.09. The smallest absolute Gasteiger partial charge is 0.248 e. The second kappa shape index (κ2) is 9.48. The van der Waals surface area contributed by atoms with E-state index in [9.17, 15) is 13.2 Å². The summed E-state index contributed by atoms with van der Waals surface area (Å²) in [5.74, 6) is -0.275. The van der Waals surface area contributed by atoms with E-state index in [1.165, 1.54) is 23.8 Å². The van der Waals surface area contributed by atoms with Crippen LogP contribution in [0.25, 0.3) is 6.08 Å². The molecule has 0 fully saturated rings. The second-order valence-electron chi connectivity index (χ2n) is 6.37. The van der Waals surface area contributed by atoms with Crippen LogP contribution in [0.2, 0.25) is 0 Å². The Hall–Kier alpha value is -2.44. The van der Waals surface area contributed by atoms with Gasteiger partial charge in [0.25, 0.3) is 0 Å². The molecule has 6 heteroatoms. The summed E-state index contributed by atoms with van der Waals surface area (Å²) >= 11 is 0. The van der Waals surface area contributed by atoms with Gasteiger partial charge in [-0.3, -0.25) is 4.79 Å². The van der Waals surface area contributed by atoms with Crippen LogP contribution in [0.5, 0.6) is 0 Å². The number of nitrogens with one attached hydrogen (secondary N) is 2. The van der Waals surface area contributed by atoms with Crippen molar-refractivity contribution < 1.29 is 13.2 Å². The van der Waals surface area contributed by atoms with Crippen LogP contribution in [-0.4, -0.2) is 20.4 Å². The molecule has 2 aromatic carbocycles. The molecule has 2 N–H and O–H groups in total. The van der Waals surface area contributed by atoms with Crippen LogP contribution >= 0.6 is 0 Å². The number of amides is 1. The highest BCUT2D eigenvalue weighted by Crippen LogP contribution is 2.15. The van der Waals surface area contributed by atoms with E-state index in [0.717, 1.165) is 12.0 Å².